The second-order valence-electron chi connectivity index (χ2n) is 12.6. The molecule has 0 saturated heterocycles. The first-order valence-corrected chi connectivity index (χ1v) is 12.8. The second-order valence-corrected chi connectivity index (χ2v) is 12.6. The third-order valence-electron chi connectivity index (χ3n) is 10.3. The molecule has 0 radical (unpaired) electrons. The number of hydrogen-bond acceptors (Lipinski definition) is 1. The molecule has 0 heterocycles. The summed E-state index contributed by atoms with van der Waals surface area (Å²) >= 11 is 0. The summed E-state index contributed by atoms with van der Waals surface area (Å²) in [5.41, 5.74) is 7.47. The molecular weight excluding hydrogens is 364 g/mol. The monoisotopic (exact) mass is 410 g/mol. The molecule has 4 aliphatic rings. The summed E-state index contributed by atoms with van der Waals surface area (Å²) in [6.07, 6.45) is 16.0. The van der Waals surface area contributed by atoms with Gasteiger partial charge in [-0.15, -0.1) is 0 Å². The lowest BCUT2D eigenvalue weighted by molar-refractivity contribution is -0.0905. The van der Waals surface area contributed by atoms with Gasteiger partial charge in [-0.05, 0) is 117 Å². The van der Waals surface area contributed by atoms with E-state index in [2.05, 4.69) is 60.6 Å². The van der Waals surface area contributed by atoms with Gasteiger partial charge in [0.1, 0.15) is 0 Å². The van der Waals surface area contributed by atoms with Gasteiger partial charge in [-0.3, -0.25) is 0 Å². The van der Waals surface area contributed by atoms with Crippen LogP contribution in [0.15, 0.2) is 34.4 Å². The maximum atomic E-state index is 10.7. The van der Waals surface area contributed by atoms with Crippen molar-refractivity contribution in [3.8, 4) is 0 Å². The molecule has 0 amide bonds. The predicted octanol–water partition coefficient (Wildman–Crippen LogP) is 8.01. The molecule has 0 spiro atoms. The quantitative estimate of drug-likeness (QED) is 0.465. The zero-order chi connectivity index (χ0) is 21.9. The van der Waals surface area contributed by atoms with E-state index in [1.807, 2.05) is 0 Å². The molecule has 6 atom stereocenters. The number of aliphatic hydroxyl groups excluding tert-OH is 1. The fourth-order valence-electron chi connectivity index (χ4n) is 8.41. The largest absolute Gasteiger partial charge is 0.393 e. The van der Waals surface area contributed by atoms with Gasteiger partial charge < -0.3 is 5.11 Å². The van der Waals surface area contributed by atoms with Gasteiger partial charge in [0.15, 0.2) is 0 Å². The van der Waals surface area contributed by atoms with E-state index in [-0.39, 0.29) is 11.5 Å². The highest BCUT2D eigenvalue weighted by Crippen LogP contribution is 2.66. The summed E-state index contributed by atoms with van der Waals surface area (Å²) in [6, 6.07) is 0. The van der Waals surface area contributed by atoms with Crippen molar-refractivity contribution in [1.82, 2.24) is 0 Å². The van der Waals surface area contributed by atoms with Crippen LogP contribution >= 0.6 is 0 Å². The molecule has 30 heavy (non-hydrogen) atoms. The Morgan fingerprint density at radius 2 is 1.83 bits per heavy atom. The first kappa shape index (κ1) is 22.4. The molecule has 2 unspecified atom stereocenters. The van der Waals surface area contributed by atoms with E-state index in [1.54, 1.807) is 16.7 Å². The lowest BCUT2D eigenvalue weighted by Gasteiger charge is -2.59. The van der Waals surface area contributed by atoms with Crippen LogP contribution < -0.4 is 0 Å². The van der Waals surface area contributed by atoms with Crippen molar-refractivity contribution in [1.29, 1.82) is 0 Å². The van der Waals surface area contributed by atoms with Crippen LogP contribution in [0.4, 0.5) is 0 Å². The van der Waals surface area contributed by atoms with Crippen molar-refractivity contribution in [2.75, 3.05) is 0 Å². The van der Waals surface area contributed by atoms with Crippen LogP contribution in [-0.2, 0) is 0 Å². The Balaban J connectivity index is 1.60. The predicted molar refractivity (Wildman–Crippen MR) is 128 cm³/mol. The molecule has 0 aromatic carbocycles. The Morgan fingerprint density at radius 1 is 1.10 bits per heavy atom. The molecule has 0 aromatic heterocycles. The van der Waals surface area contributed by atoms with Crippen LogP contribution in [0.2, 0.25) is 0 Å². The summed E-state index contributed by atoms with van der Waals surface area (Å²) in [4.78, 5) is 0. The highest BCUT2D eigenvalue weighted by molar-refractivity contribution is 5.49. The SMILES string of the molecule is CC(C)=CCC[C@@H](C)[C@H]1CC=C2C3=C(CC[C@@]21C)[C@@]1(C)CCC(O)C(C)(C)C1CC3. The van der Waals surface area contributed by atoms with Gasteiger partial charge in [0.25, 0.3) is 0 Å². The lowest BCUT2D eigenvalue weighted by Crippen LogP contribution is -2.53. The highest BCUT2D eigenvalue weighted by atomic mass is 16.3. The molecule has 1 N–H and O–H groups in total. The van der Waals surface area contributed by atoms with Gasteiger partial charge in [0.05, 0.1) is 6.10 Å². The molecule has 1 saturated carbocycles. The summed E-state index contributed by atoms with van der Waals surface area (Å²) < 4.78 is 0. The molecule has 0 aliphatic heterocycles. The molecule has 4 aliphatic carbocycles. The van der Waals surface area contributed by atoms with Crippen molar-refractivity contribution in [3.63, 3.8) is 0 Å². The van der Waals surface area contributed by atoms with Crippen LogP contribution in [0.25, 0.3) is 0 Å². The summed E-state index contributed by atoms with van der Waals surface area (Å²) in [5, 5.41) is 10.7. The second kappa shape index (κ2) is 7.65. The molecule has 1 heteroatoms. The Bertz CT molecular complexity index is 776. The average molecular weight is 411 g/mol. The van der Waals surface area contributed by atoms with E-state index in [0.717, 1.165) is 18.3 Å². The maximum Gasteiger partial charge on any atom is 0.0594 e. The minimum absolute atomic E-state index is 0.0400. The van der Waals surface area contributed by atoms with Gasteiger partial charge >= 0.3 is 0 Å². The number of hydrogen-bond donors (Lipinski definition) is 1. The number of fused-ring (bicyclic) bond motifs is 4. The minimum Gasteiger partial charge on any atom is -0.393 e. The fraction of sp³-hybridized carbons (Fsp3) is 0.793. The number of allylic oxidation sites excluding steroid dienone is 6. The van der Waals surface area contributed by atoms with Crippen molar-refractivity contribution in [2.45, 2.75) is 112 Å². The zero-order valence-corrected chi connectivity index (χ0v) is 20.8. The summed E-state index contributed by atoms with van der Waals surface area (Å²) in [6.45, 7) is 16.8. The third-order valence-corrected chi connectivity index (χ3v) is 10.3. The molecular formula is C29H46O. The van der Waals surface area contributed by atoms with Gasteiger partial charge in [0.2, 0.25) is 0 Å². The lowest BCUT2D eigenvalue weighted by atomic mass is 9.46. The summed E-state index contributed by atoms with van der Waals surface area (Å²) in [7, 11) is 0. The normalized spacial score (nSPS) is 40.8. The van der Waals surface area contributed by atoms with Crippen LogP contribution in [0.5, 0.6) is 0 Å². The summed E-state index contributed by atoms with van der Waals surface area (Å²) in [5.74, 6) is 2.22. The molecule has 4 rings (SSSR count). The van der Waals surface area contributed by atoms with E-state index in [0.29, 0.717) is 16.7 Å². The molecule has 1 fully saturated rings. The van der Waals surface area contributed by atoms with Crippen LogP contribution in [-0.4, -0.2) is 11.2 Å². The van der Waals surface area contributed by atoms with Gasteiger partial charge in [-0.1, -0.05) is 57.9 Å². The van der Waals surface area contributed by atoms with Gasteiger partial charge in [-0.25, -0.2) is 0 Å². The van der Waals surface area contributed by atoms with Crippen molar-refractivity contribution >= 4 is 0 Å². The Labute approximate surface area is 186 Å². The van der Waals surface area contributed by atoms with E-state index in [4.69, 9.17) is 0 Å². The standard InChI is InChI=1S/C29H46O/c1-19(2)9-8-10-20(3)22-12-13-23-21-11-14-25-27(4,5)26(30)16-18-29(25,7)24(21)15-17-28(22,23)6/h9,13,20,22,25-26,30H,8,10-12,14-18H2,1-7H3/t20-,22-,25?,26?,28-,29-/m1/s1. The molecule has 168 valence electrons. The Hall–Kier alpha value is -0.820. The maximum absolute atomic E-state index is 10.7. The first-order chi connectivity index (χ1) is 14.0. The first-order valence-electron chi connectivity index (χ1n) is 12.8. The Morgan fingerprint density at radius 3 is 2.53 bits per heavy atom. The van der Waals surface area contributed by atoms with Gasteiger partial charge in [0, 0.05) is 0 Å². The molecule has 0 bridgehead atoms. The number of rotatable bonds is 4. The van der Waals surface area contributed by atoms with Crippen LogP contribution in [0.1, 0.15) is 106 Å². The van der Waals surface area contributed by atoms with Crippen molar-refractivity contribution in [2.24, 2.45) is 34.0 Å². The molecule has 0 aromatic rings. The van der Waals surface area contributed by atoms with E-state index >= 15 is 0 Å². The zero-order valence-electron chi connectivity index (χ0n) is 20.8. The molecule has 1 nitrogen and oxygen atoms in total. The van der Waals surface area contributed by atoms with Crippen molar-refractivity contribution < 1.29 is 5.11 Å². The van der Waals surface area contributed by atoms with E-state index < -0.39 is 0 Å². The van der Waals surface area contributed by atoms with E-state index in [1.165, 1.54) is 56.9 Å². The average Bonchev–Trinajstić information content (AvgIpc) is 3.02. The van der Waals surface area contributed by atoms with E-state index in [9.17, 15) is 5.11 Å². The van der Waals surface area contributed by atoms with Crippen LogP contribution in [0, 0.1) is 34.0 Å². The minimum atomic E-state index is -0.136. The Kier molecular flexibility index (Phi) is 5.70. The number of aliphatic hydroxyl groups is 1. The van der Waals surface area contributed by atoms with Crippen molar-refractivity contribution in [3.05, 3.63) is 34.4 Å². The fourth-order valence-corrected chi connectivity index (χ4v) is 8.41. The highest BCUT2D eigenvalue weighted by Gasteiger charge is 2.57. The third kappa shape index (κ3) is 3.30. The van der Waals surface area contributed by atoms with Crippen LogP contribution in [0.3, 0.4) is 0 Å². The smallest absolute Gasteiger partial charge is 0.0594 e. The van der Waals surface area contributed by atoms with Gasteiger partial charge in [-0.2, -0.15) is 0 Å². The topological polar surface area (TPSA) is 20.2 Å².